The van der Waals surface area contributed by atoms with E-state index in [-0.39, 0.29) is 11.6 Å². The molecular formula is C15H16Cl2N4O. The highest BCUT2D eigenvalue weighted by Gasteiger charge is 2.10. The van der Waals surface area contributed by atoms with Gasteiger partial charge in [-0.05, 0) is 43.7 Å². The lowest BCUT2D eigenvalue weighted by Crippen LogP contribution is -2.17. The molecule has 1 heterocycles. The van der Waals surface area contributed by atoms with Crippen LogP contribution in [0.5, 0.6) is 0 Å². The fraction of sp³-hybridized carbons (Fsp3) is 0.267. The first-order valence-corrected chi connectivity index (χ1v) is 7.62. The van der Waals surface area contributed by atoms with Crippen LogP contribution in [0.1, 0.15) is 30.8 Å². The topological polar surface area (TPSA) is 66.9 Å². The van der Waals surface area contributed by atoms with Gasteiger partial charge in [0.05, 0.1) is 10.0 Å². The highest BCUT2D eigenvalue weighted by molar-refractivity contribution is 6.42. The maximum absolute atomic E-state index is 12.1. The van der Waals surface area contributed by atoms with Crippen LogP contribution in [0.4, 0.5) is 11.5 Å². The smallest absolute Gasteiger partial charge is 0.276 e. The summed E-state index contributed by atoms with van der Waals surface area (Å²) >= 11 is 11.7. The molecule has 0 aliphatic heterocycles. The number of nitrogens with one attached hydrogen (secondary N) is 2. The molecule has 1 aromatic heterocycles. The van der Waals surface area contributed by atoms with Crippen molar-refractivity contribution in [3.63, 3.8) is 0 Å². The standard InChI is InChI=1S/C15H16Cl2N4O/c1-3-9(2)18-14-7-6-13(20-21-14)15(22)19-10-4-5-11(16)12(17)8-10/h4-9H,3H2,1-2H3,(H,18,21)(H,19,22). The normalized spacial score (nSPS) is 11.8. The molecule has 5 nitrogen and oxygen atoms in total. The average Bonchev–Trinajstić information content (AvgIpc) is 2.51. The molecule has 2 N–H and O–H groups in total. The maximum atomic E-state index is 12.1. The molecule has 1 unspecified atom stereocenters. The third-order valence-electron chi connectivity index (χ3n) is 3.08. The lowest BCUT2D eigenvalue weighted by atomic mass is 10.2. The number of anilines is 2. The second-order valence-corrected chi connectivity index (χ2v) is 5.65. The van der Waals surface area contributed by atoms with Crippen LogP contribution >= 0.6 is 23.2 Å². The number of rotatable bonds is 5. The molecular weight excluding hydrogens is 323 g/mol. The van der Waals surface area contributed by atoms with E-state index >= 15 is 0 Å². The zero-order chi connectivity index (χ0) is 16.1. The molecule has 0 aliphatic rings. The summed E-state index contributed by atoms with van der Waals surface area (Å²) in [5, 5.41) is 14.6. The Labute approximate surface area is 139 Å². The lowest BCUT2D eigenvalue weighted by Gasteiger charge is -2.11. The largest absolute Gasteiger partial charge is 0.366 e. The van der Waals surface area contributed by atoms with Crippen molar-refractivity contribution in [2.75, 3.05) is 10.6 Å². The number of nitrogens with zero attached hydrogens (tertiary/aromatic N) is 2. The van der Waals surface area contributed by atoms with Crippen LogP contribution in [0, 0.1) is 0 Å². The lowest BCUT2D eigenvalue weighted by molar-refractivity contribution is 0.102. The molecule has 0 fully saturated rings. The van der Waals surface area contributed by atoms with Gasteiger partial charge in [-0.15, -0.1) is 10.2 Å². The van der Waals surface area contributed by atoms with E-state index in [2.05, 4.69) is 27.8 Å². The van der Waals surface area contributed by atoms with Crippen LogP contribution in [0.3, 0.4) is 0 Å². The fourth-order valence-electron chi connectivity index (χ4n) is 1.65. The van der Waals surface area contributed by atoms with Gasteiger partial charge in [-0.1, -0.05) is 30.1 Å². The number of hydrogen-bond donors (Lipinski definition) is 2. The van der Waals surface area contributed by atoms with E-state index < -0.39 is 0 Å². The van der Waals surface area contributed by atoms with Crippen molar-refractivity contribution in [2.24, 2.45) is 0 Å². The molecule has 1 amide bonds. The molecule has 1 atom stereocenters. The highest BCUT2D eigenvalue weighted by atomic mass is 35.5. The monoisotopic (exact) mass is 338 g/mol. The Morgan fingerprint density at radius 3 is 2.55 bits per heavy atom. The number of hydrogen-bond acceptors (Lipinski definition) is 4. The molecule has 2 rings (SSSR count). The number of amides is 1. The second kappa shape index (κ2) is 7.42. The molecule has 7 heteroatoms. The molecule has 0 radical (unpaired) electrons. The summed E-state index contributed by atoms with van der Waals surface area (Å²) in [6.45, 7) is 4.12. The van der Waals surface area contributed by atoms with Crippen LogP contribution in [0.15, 0.2) is 30.3 Å². The first kappa shape index (κ1) is 16.5. The van der Waals surface area contributed by atoms with Gasteiger partial charge in [0.15, 0.2) is 5.69 Å². The predicted octanol–water partition coefficient (Wildman–Crippen LogP) is 4.25. The second-order valence-electron chi connectivity index (χ2n) is 4.84. The third kappa shape index (κ3) is 4.32. The SMILES string of the molecule is CCC(C)Nc1ccc(C(=O)Nc2ccc(Cl)c(Cl)c2)nn1. The molecule has 1 aromatic carbocycles. The average molecular weight is 339 g/mol. The van der Waals surface area contributed by atoms with Crippen LogP contribution in [-0.2, 0) is 0 Å². The first-order chi connectivity index (χ1) is 10.5. The minimum Gasteiger partial charge on any atom is -0.366 e. The minimum atomic E-state index is -0.360. The zero-order valence-corrected chi connectivity index (χ0v) is 13.7. The molecule has 0 saturated carbocycles. The van der Waals surface area contributed by atoms with Crippen LogP contribution in [0.2, 0.25) is 10.0 Å². The van der Waals surface area contributed by atoms with Crippen molar-refractivity contribution >= 4 is 40.6 Å². The van der Waals surface area contributed by atoms with Gasteiger partial charge in [0.2, 0.25) is 0 Å². The molecule has 0 spiro atoms. The number of carbonyl (C=O) groups excluding carboxylic acids is 1. The Bertz CT molecular complexity index is 661. The molecule has 0 aliphatic carbocycles. The Morgan fingerprint density at radius 1 is 1.18 bits per heavy atom. The van der Waals surface area contributed by atoms with Crippen molar-refractivity contribution in [3.8, 4) is 0 Å². The summed E-state index contributed by atoms with van der Waals surface area (Å²) in [6, 6.07) is 8.50. The van der Waals surface area contributed by atoms with Gasteiger partial charge in [0.1, 0.15) is 5.82 Å². The van der Waals surface area contributed by atoms with Crippen molar-refractivity contribution in [2.45, 2.75) is 26.3 Å². The molecule has 2 aromatic rings. The van der Waals surface area contributed by atoms with Crippen LogP contribution in [-0.4, -0.2) is 22.1 Å². The predicted molar refractivity (Wildman–Crippen MR) is 89.8 cm³/mol. The summed E-state index contributed by atoms with van der Waals surface area (Å²) in [5.41, 5.74) is 0.767. The van der Waals surface area contributed by atoms with Crippen molar-refractivity contribution < 1.29 is 4.79 Å². The van der Waals surface area contributed by atoms with E-state index in [1.54, 1.807) is 30.3 Å². The zero-order valence-electron chi connectivity index (χ0n) is 12.2. The van der Waals surface area contributed by atoms with Crippen molar-refractivity contribution in [3.05, 3.63) is 46.1 Å². The third-order valence-corrected chi connectivity index (χ3v) is 3.82. The van der Waals surface area contributed by atoms with E-state index in [0.29, 0.717) is 27.6 Å². The summed E-state index contributed by atoms with van der Waals surface area (Å²) in [5.74, 6) is 0.279. The molecule has 0 bridgehead atoms. The van der Waals surface area contributed by atoms with Gasteiger partial charge in [-0.3, -0.25) is 4.79 Å². The highest BCUT2D eigenvalue weighted by Crippen LogP contribution is 2.25. The first-order valence-electron chi connectivity index (χ1n) is 6.86. The number of carbonyl (C=O) groups is 1. The quantitative estimate of drug-likeness (QED) is 0.855. The van der Waals surface area contributed by atoms with Gasteiger partial charge >= 0.3 is 0 Å². The van der Waals surface area contributed by atoms with E-state index in [4.69, 9.17) is 23.2 Å². The van der Waals surface area contributed by atoms with E-state index in [0.717, 1.165) is 6.42 Å². The Hall–Kier alpha value is -1.85. The molecule has 0 saturated heterocycles. The van der Waals surface area contributed by atoms with Gasteiger partial charge in [0, 0.05) is 11.7 Å². The number of halogens is 2. The van der Waals surface area contributed by atoms with E-state index in [9.17, 15) is 4.79 Å². The minimum absolute atomic E-state index is 0.223. The number of benzene rings is 1. The van der Waals surface area contributed by atoms with Gasteiger partial charge in [-0.25, -0.2) is 0 Å². The summed E-state index contributed by atoms with van der Waals surface area (Å²) < 4.78 is 0. The van der Waals surface area contributed by atoms with Crippen molar-refractivity contribution in [1.29, 1.82) is 0 Å². The summed E-state index contributed by atoms with van der Waals surface area (Å²) in [6.07, 6.45) is 0.973. The van der Waals surface area contributed by atoms with Gasteiger partial charge in [0.25, 0.3) is 5.91 Å². The van der Waals surface area contributed by atoms with E-state index in [1.807, 2.05) is 6.92 Å². The van der Waals surface area contributed by atoms with Crippen LogP contribution in [0.25, 0.3) is 0 Å². The number of aromatic nitrogens is 2. The summed E-state index contributed by atoms with van der Waals surface area (Å²) in [4.78, 5) is 12.1. The van der Waals surface area contributed by atoms with Crippen LogP contribution < -0.4 is 10.6 Å². The fourth-order valence-corrected chi connectivity index (χ4v) is 1.95. The molecule has 116 valence electrons. The maximum Gasteiger partial charge on any atom is 0.276 e. The Kier molecular flexibility index (Phi) is 5.57. The Morgan fingerprint density at radius 2 is 1.95 bits per heavy atom. The van der Waals surface area contributed by atoms with E-state index in [1.165, 1.54) is 0 Å². The van der Waals surface area contributed by atoms with Crippen molar-refractivity contribution in [1.82, 2.24) is 10.2 Å². The van der Waals surface area contributed by atoms with Gasteiger partial charge < -0.3 is 10.6 Å². The Balaban J connectivity index is 2.04. The van der Waals surface area contributed by atoms with Gasteiger partial charge in [-0.2, -0.15) is 0 Å². The molecule has 22 heavy (non-hydrogen) atoms. The summed E-state index contributed by atoms with van der Waals surface area (Å²) in [7, 11) is 0.